The quantitative estimate of drug-likeness (QED) is 0.497. The molecule has 1 saturated heterocycles. The maximum Gasteiger partial charge on any atom is 0.338 e. The molecule has 0 bridgehead atoms. The first-order valence-electron chi connectivity index (χ1n) is 6.22. The summed E-state index contributed by atoms with van der Waals surface area (Å²) in [6, 6.07) is -0.973. The van der Waals surface area contributed by atoms with Crippen LogP contribution in [0.1, 0.15) is 27.2 Å². The third-order valence-electron chi connectivity index (χ3n) is 2.59. The van der Waals surface area contributed by atoms with E-state index in [-0.39, 0.29) is 12.5 Å². The maximum atomic E-state index is 11.7. The molecule has 1 aliphatic rings. The number of nitrogens with one attached hydrogen (secondary N) is 1. The molecule has 1 heterocycles. The predicted octanol–water partition coefficient (Wildman–Crippen LogP) is -0.0676. The van der Waals surface area contributed by atoms with Crippen molar-refractivity contribution in [2.75, 3.05) is 6.61 Å². The van der Waals surface area contributed by atoms with E-state index >= 15 is 0 Å². The summed E-state index contributed by atoms with van der Waals surface area (Å²) in [4.78, 5) is 34.0. The normalized spacial score (nSPS) is 22.7. The number of esters is 1. The summed E-state index contributed by atoms with van der Waals surface area (Å²) in [5, 5.41) is 11.4. The number of ether oxygens (including phenoxy) is 2. The van der Waals surface area contributed by atoms with Crippen molar-refractivity contribution in [3.63, 3.8) is 0 Å². The molecule has 1 aliphatic heterocycles. The molecule has 7 nitrogen and oxygen atoms in total. The van der Waals surface area contributed by atoms with Gasteiger partial charge in [-0.15, -0.1) is 0 Å². The zero-order valence-corrected chi connectivity index (χ0v) is 11.2. The summed E-state index contributed by atoms with van der Waals surface area (Å²) < 4.78 is 9.60. The van der Waals surface area contributed by atoms with Crippen molar-refractivity contribution < 1.29 is 29.0 Å². The van der Waals surface area contributed by atoms with Crippen LogP contribution in [0.3, 0.4) is 0 Å². The number of amides is 1. The molecule has 0 radical (unpaired) electrons. The van der Waals surface area contributed by atoms with Gasteiger partial charge < -0.3 is 19.9 Å². The van der Waals surface area contributed by atoms with Crippen molar-refractivity contribution in [3.05, 3.63) is 0 Å². The number of epoxide rings is 1. The number of hydrogen-bond acceptors (Lipinski definition) is 5. The molecule has 0 aromatic heterocycles. The molecule has 0 aromatic carbocycles. The van der Waals surface area contributed by atoms with E-state index in [4.69, 9.17) is 14.6 Å². The molecule has 19 heavy (non-hydrogen) atoms. The van der Waals surface area contributed by atoms with Crippen LogP contribution < -0.4 is 5.32 Å². The molecule has 1 rings (SSSR count). The molecule has 1 fully saturated rings. The van der Waals surface area contributed by atoms with Crippen molar-refractivity contribution >= 4 is 17.8 Å². The number of hydrogen-bond donors (Lipinski definition) is 2. The minimum absolute atomic E-state index is 0.127. The minimum Gasteiger partial charge on any atom is -0.480 e. The van der Waals surface area contributed by atoms with Crippen molar-refractivity contribution in [3.8, 4) is 0 Å². The molecule has 1 amide bonds. The summed E-state index contributed by atoms with van der Waals surface area (Å²) in [5.41, 5.74) is 0. The number of aliphatic carboxylic acids is 1. The lowest BCUT2D eigenvalue weighted by Crippen LogP contribution is -2.44. The minimum atomic E-state index is -1.10. The van der Waals surface area contributed by atoms with Crippen molar-refractivity contribution in [2.45, 2.75) is 45.4 Å². The smallest absolute Gasteiger partial charge is 0.338 e. The second-order valence-electron chi connectivity index (χ2n) is 4.76. The van der Waals surface area contributed by atoms with Crippen LogP contribution in [0.25, 0.3) is 0 Å². The third kappa shape index (κ3) is 4.51. The average molecular weight is 273 g/mol. The molecular weight excluding hydrogens is 254 g/mol. The van der Waals surface area contributed by atoms with Gasteiger partial charge in [-0.25, -0.2) is 9.59 Å². The Bertz CT molecular complexity index is 367. The van der Waals surface area contributed by atoms with Gasteiger partial charge in [0.2, 0.25) is 0 Å². The van der Waals surface area contributed by atoms with Crippen LogP contribution in [-0.4, -0.2) is 47.8 Å². The molecule has 1 unspecified atom stereocenters. The van der Waals surface area contributed by atoms with E-state index in [9.17, 15) is 14.4 Å². The lowest BCUT2D eigenvalue weighted by molar-refractivity contribution is -0.144. The van der Waals surface area contributed by atoms with E-state index in [1.54, 1.807) is 6.92 Å². The summed E-state index contributed by atoms with van der Waals surface area (Å²) in [6.07, 6.45) is -1.53. The average Bonchev–Trinajstić information content (AvgIpc) is 3.07. The third-order valence-corrected chi connectivity index (χ3v) is 2.59. The van der Waals surface area contributed by atoms with Gasteiger partial charge in [-0.3, -0.25) is 4.79 Å². The van der Waals surface area contributed by atoms with Gasteiger partial charge in [-0.2, -0.15) is 0 Å². The summed E-state index contributed by atoms with van der Waals surface area (Å²) >= 11 is 0. The molecule has 0 aliphatic carbocycles. The van der Waals surface area contributed by atoms with E-state index < -0.39 is 36.1 Å². The van der Waals surface area contributed by atoms with E-state index in [0.717, 1.165) is 0 Å². The van der Waals surface area contributed by atoms with Gasteiger partial charge in [-0.1, -0.05) is 13.8 Å². The summed E-state index contributed by atoms with van der Waals surface area (Å²) in [7, 11) is 0. The van der Waals surface area contributed by atoms with Crippen LogP contribution in [0.5, 0.6) is 0 Å². The Hall–Kier alpha value is -1.63. The van der Waals surface area contributed by atoms with Crippen LogP contribution in [0.2, 0.25) is 0 Å². The highest BCUT2D eigenvalue weighted by Crippen LogP contribution is 2.24. The van der Waals surface area contributed by atoms with E-state index in [2.05, 4.69) is 5.32 Å². The first kappa shape index (κ1) is 15.4. The van der Waals surface area contributed by atoms with Crippen molar-refractivity contribution in [1.29, 1.82) is 0 Å². The van der Waals surface area contributed by atoms with Crippen LogP contribution in [0, 0.1) is 5.92 Å². The van der Waals surface area contributed by atoms with Crippen LogP contribution in [-0.2, 0) is 23.9 Å². The van der Waals surface area contributed by atoms with Gasteiger partial charge in [0.1, 0.15) is 6.04 Å². The fraction of sp³-hybridized carbons (Fsp3) is 0.750. The Morgan fingerprint density at radius 3 is 2.42 bits per heavy atom. The number of rotatable bonds is 7. The fourth-order valence-corrected chi connectivity index (χ4v) is 1.66. The number of carbonyl (C=O) groups excluding carboxylic acids is 2. The molecule has 108 valence electrons. The highest BCUT2D eigenvalue weighted by molar-refractivity contribution is 5.94. The summed E-state index contributed by atoms with van der Waals surface area (Å²) in [6.45, 7) is 5.57. The number of carboxylic acid groups (broad SMARTS) is 1. The maximum absolute atomic E-state index is 11.7. The second-order valence-corrected chi connectivity index (χ2v) is 4.76. The highest BCUT2D eigenvalue weighted by atomic mass is 16.6. The van der Waals surface area contributed by atoms with Gasteiger partial charge in [-0.05, 0) is 19.3 Å². The predicted molar refractivity (Wildman–Crippen MR) is 64.3 cm³/mol. The molecule has 7 heteroatoms. The Balaban J connectivity index is 2.47. The summed E-state index contributed by atoms with van der Waals surface area (Å²) in [5.74, 6) is -2.16. The van der Waals surface area contributed by atoms with Crippen LogP contribution in [0.4, 0.5) is 0 Å². The Morgan fingerprint density at radius 1 is 1.32 bits per heavy atom. The largest absolute Gasteiger partial charge is 0.480 e. The number of carboxylic acids is 1. The van der Waals surface area contributed by atoms with Gasteiger partial charge in [0, 0.05) is 0 Å². The molecular formula is C12H19NO6. The first-order valence-corrected chi connectivity index (χ1v) is 6.22. The SMILES string of the molecule is CCOC(=O)C1O[C@@H]1C(=O)N[C@@H](CC(C)C)C(=O)O. The Kier molecular flexibility index (Phi) is 5.29. The van der Waals surface area contributed by atoms with Gasteiger partial charge >= 0.3 is 11.9 Å². The molecule has 3 atom stereocenters. The first-order chi connectivity index (χ1) is 8.86. The Morgan fingerprint density at radius 2 is 1.95 bits per heavy atom. The van der Waals surface area contributed by atoms with E-state index in [1.165, 1.54) is 0 Å². The second kappa shape index (κ2) is 6.51. The van der Waals surface area contributed by atoms with Crippen molar-refractivity contribution in [1.82, 2.24) is 5.32 Å². The van der Waals surface area contributed by atoms with Crippen molar-refractivity contribution in [2.24, 2.45) is 5.92 Å². The van der Waals surface area contributed by atoms with Crippen LogP contribution >= 0.6 is 0 Å². The van der Waals surface area contributed by atoms with Crippen LogP contribution in [0.15, 0.2) is 0 Å². The molecule has 0 aromatic rings. The van der Waals surface area contributed by atoms with Gasteiger partial charge in [0.25, 0.3) is 5.91 Å². The zero-order chi connectivity index (χ0) is 14.6. The molecule has 0 saturated carbocycles. The zero-order valence-electron chi connectivity index (χ0n) is 11.2. The van der Waals surface area contributed by atoms with Gasteiger partial charge in [0.05, 0.1) is 6.61 Å². The standard InChI is InChI=1S/C12H19NO6/c1-4-18-12(17)9-8(19-9)10(14)13-7(11(15)16)5-6(2)3/h6-9H,4-5H2,1-3H3,(H,13,14)(H,15,16)/t7-,8-,9?/m0/s1. The molecule has 0 spiro atoms. The van der Waals surface area contributed by atoms with E-state index in [0.29, 0.717) is 6.42 Å². The van der Waals surface area contributed by atoms with Gasteiger partial charge in [0.15, 0.2) is 12.2 Å². The topological polar surface area (TPSA) is 105 Å². The number of carbonyl (C=O) groups is 3. The fourth-order valence-electron chi connectivity index (χ4n) is 1.66. The highest BCUT2D eigenvalue weighted by Gasteiger charge is 2.52. The lowest BCUT2D eigenvalue weighted by atomic mass is 10.0. The molecule has 2 N–H and O–H groups in total. The van der Waals surface area contributed by atoms with E-state index in [1.807, 2.05) is 13.8 Å². The lowest BCUT2D eigenvalue weighted by Gasteiger charge is -2.15. The monoisotopic (exact) mass is 273 g/mol. The Labute approximate surface area is 111 Å².